The molecule has 0 aliphatic carbocycles. The van der Waals surface area contributed by atoms with Crippen molar-refractivity contribution in [1.82, 2.24) is 0 Å². The highest BCUT2D eigenvalue weighted by Crippen LogP contribution is 2.49. The van der Waals surface area contributed by atoms with Crippen LogP contribution in [0.15, 0.2) is 54.6 Å². The number of carboxylic acids is 1. The van der Waals surface area contributed by atoms with Crippen LogP contribution in [-0.2, 0) is 9.53 Å². The molecule has 0 saturated carbocycles. The molecule has 4 rings (SSSR count). The molecule has 3 aromatic rings. The number of esters is 1. The summed E-state index contributed by atoms with van der Waals surface area (Å²) in [7, 11) is 5.82. The minimum absolute atomic E-state index is 0.0288. The molecule has 2 N–H and O–H groups in total. The molecular weight excluding hydrogens is 510 g/mol. The van der Waals surface area contributed by atoms with Gasteiger partial charge in [-0.3, -0.25) is 4.79 Å². The Kier molecular flexibility index (Phi) is 7.80. The van der Waals surface area contributed by atoms with Gasteiger partial charge in [-0.15, -0.1) is 0 Å². The monoisotopic (exact) mass is 537 g/mol. The number of amides is 1. The fourth-order valence-electron chi connectivity index (χ4n) is 4.48. The number of rotatable bonds is 10. The Morgan fingerprint density at radius 3 is 1.92 bits per heavy atom. The van der Waals surface area contributed by atoms with E-state index in [9.17, 15) is 19.5 Å². The summed E-state index contributed by atoms with van der Waals surface area (Å²) in [4.78, 5) is 38.7. The van der Waals surface area contributed by atoms with Crippen molar-refractivity contribution in [2.45, 2.75) is 6.04 Å². The fourth-order valence-corrected chi connectivity index (χ4v) is 4.48. The largest absolute Gasteiger partial charge is 0.504 e. The third kappa shape index (κ3) is 5.11. The van der Waals surface area contributed by atoms with E-state index in [0.29, 0.717) is 28.5 Å². The molecule has 1 saturated heterocycles. The number of carbonyl (C=O) groups is 3. The maximum atomic E-state index is 13.4. The van der Waals surface area contributed by atoms with Crippen LogP contribution in [0.3, 0.4) is 0 Å². The molecule has 11 nitrogen and oxygen atoms in total. The third-order valence-electron chi connectivity index (χ3n) is 6.45. The van der Waals surface area contributed by atoms with Gasteiger partial charge in [0.2, 0.25) is 11.7 Å². The summed E-state index contributed by atoms with van der Waals surface area (Å²) in [5.74, 6) is -1.75. The quantitative estimate of drug-likeness (QED) is 0.291. The van der Waals surface area contributed by atoms with Crippen LogP contribution in [0.5, 0.6) is 28.7 Å². The number of aromatic hydroxyl groups is 1. The fraction of sp³-hybridized carbons (Fsp3) is 0.250. The third-order valence-corrected chi connectivity index (χ3v) is 6.45. The molecule has 204 valence electrons. The zero-order valence-corrected chi connectivity index (χ0v) is 21.7. The van der Waals surface area contributed by atoms with E-state index in [1.54, 1.807) is 24.3 Å². The maximum absolute atomic E-state index is 13.4. The van der Waals surface area contributed by atoms with Gasteiger partial charge in [-0.05, 0) is 42.0 Å². The molecule has 39 heavy (non-hydrogen) atoms. The van der Waals surface area contributed by atoms with Gasteiger partial charge < -0.3 is 38.8 Å². The Hall–Kier alpha value is -4.93. The highest BCUT2D eigenvalue weighted by Gasteiger charge is 2.50. The molecule has 11 heteroatoms. The first-order valence-electron chi connectivity index (χ1n) is 11.7. The summed E-state index contributed by atoms with van der Waals surface area (Å²) in [6.45, 7) is -0.253. The summed E-state index contributed by atoms with van der Waals surface area (Å²) in [6.07, 6.45) is 0. The lowest BCUT2D eigenvalue weighted by Gasteiger charge is -2.47. The van der Waals surface area contributed by atoms with E-state index in [1.165, 1.54) is 63.7 Å². The molecule has 3 aromatic carbocycles. The maximum Gasteiger partial charge on any atom is 0.338 e. The lowest BCUT2D eigenvalue weighted by molar-refractivity contribution is -0.132. The van der Waals surface area contributed by atoms with Crippen LogP contribution in [-0.4, -0.2) is 63.1 Å². The smallest absolute Gasteiger partial charge is 0.338 e. The molecule has 1 aliphatic heterocycles. The summed E-state index contributed by atoms with van der Waals surface area (Å²) >= 11 is 0. The minimum atomic E-state index is -1.12. The molecular formula is C28H27NO10. The van der Waals surface area contributed by atoms with Crippen molar-refractivity contribution in [2.24, 2.45) is 5.92 Å². The first kappa shape index (κ1) is 27.1. The normalized spacial score (nSPS) is 16.2. The lowest BCUT2D eigenvalue weighted by atomic mass is 9.82. The van der Waals surface area contributed by atoms with Crippen molar-refractivity contribution >= 4 is 23.5 Å². The number of phenols is 1. The van der Waals surface area contributed by atoms with Crippen molar-refractivity contribution in [1.29, 1.82) is 0 Å². The van der Waals surface area contributed by atoms with E-state index in [0.717, 1.165) is 0 Å². The SMILES string of the molecule is COc1ccc([C@H]2[C@@H](COC(=O)c3ccc(C(=O)O)cc3)C(=O)N2c2cc(OC)c(OC)c(OC)c2)cc1O. The molecule has 1 fully saturated rings. The molecule has 1 aliphatic rings. The predicted molar refractivity (Wildman–Crippen MR) is 138 cm³/mol. The molecule has 0 radical (unpaired) electrons. The van der Waals surface area contributed by atoms with Crippen LogP contribution in [0.25, 0.3) is 0 Å². The van der Waals surface area contributed by atoms with Crippen LogP contribution in [0.4, 0.5) is 5.69 Å². The van der Waals surface area contributed by atoms with Crippen LogP contribution >= 0.6 is 0 Å². The Bertz CT molecular complexity index is 1380. The molecule has 0 unspecified atom stereocenters. The van der Waals surface area contributed by atoms with Gasteiger partial charge in [-0.2, -0.15) is 0 Å². The first-order chi connectivity index (χ1) is 18.7. The van der Waals surface area contributed by atoms with Crippen molar-refractivity contribution in [3.63, 3.8) is 0 Å². The molecule has 0 bridgehead atoms. The van der Waals surface area contributed by atoms with Gasteiger partial charge in [0.15, 0.2) is 23.0 Å². The van der Waals surface area contributed by atoms with Gasteiger partial charge >= 0.3 is 11.9 Å². The number of aromatic carboxylic acids is 1. The second-order valence-corrected chi connectivity index (χ2v) is 8.56. The van der Waals surface area contributed by atoms with Gasteiger partial charge in [0.1, 0.15) is 6.61 Å². The molecule has 1 heterocycles. The van der Waals surface area contributed by atoms with Gasteiger partial charge in [-0.25, -0.2) is 9.59 Å². The number of methoxy groups -OCH3 is 4. The number of nitrogens with zero attached hydrogens (tertiary/aromatic N) is 1. The summed E-state index contributed by atoms with van der Waals surface area (Å²) in [5, 5.41) is 19.5. The Labute approximate surface area is 224 Å². The standard InChI is InChI=1S/C28H27NO10/c1-35-21-10-9-17(11-20(21)30)24-19(14-39-28(34)16-7-5-15(6-8-16)27(32)33)26(31)29(24)18-12-22(36-2)25(38-4)23(13-18)37-3/h5-13,19,24,30H,14H2,1-4H3,(H,32,33)/t19-,24+/m1/s1. The van der Waals surface area contributed by atoms with Crippen molar-refractivity contribution in [3.05, 3.63) is 71.3 Å². The number of hydrogen-bond acceptors (Lipinski definition) is 9. The van der Waals surface area contributed by atoms with E-state index in [-0.39, 0.29) is 35.1 Å². The highest BCUT2D eigenvalue weighted by molar-refractivity contribution is 6.04. The van der Waals surface area contributed by atoms with Crippen molar-refractivity contribution in [3.8, 4) is 28.7 Å². The number of phenolic OH excluding ortho intramolecular Hbond substituents is 1. The van der Waals surface area contributed by atoms with Crippen molar-refractivity contribution in [2.75, 3.05) is 39.9 Å². The van der Waals surface area contributed by atoms with Crippen LogP contribution in [0.1, 0.15) is 32.3 Å². The van der Waals surface area contributed by atoms with E-state index >= 15 is 0 Å². The Balaban J connectivity index is 1.65. The van der Waals surface area contributed by atoms with Gasteiger partial charge in [0.25, 0.3) is 0 Å². The minimum Gasteiger partial charge on any atom is -0.504 e. The van der Waals surface area contributed by atoms with Gasteiger partial charge in [0, 0.05) is 12.1 Å². The molecule has 1 amide bonds. The topological polar surface area (TPSA) is 141 Å². The van der Waals surface area contributed by atoms with E-state index in [1.807, 2.05) is 0 Å². The molecule has 0 spiro atoms. The number of benzene rings is 3. The van der Waals surface area contributed by atoms with E-state index in [4.69, 9.17) is 28.8 Å². The second-order valence-electron chi connectivity index (χ2n) is 8.56. The average molecular weight is 538 g/mol. The number of ether oxygens (including phenoxy) is 5. The van der Waals surface area contributed by atoms with Crippen molar-refractivity contribution < 1.29 is 48.3 Å². The molecule has 0 aromatic heterocycles. The second kappa shape index (κ2) is 11.2. The zero-order chi connectivity index (χ0) is 28.3. The predicted octanol–water partition coefficient (Wildman–Crippen LogP) is 3.69. The highest BCUT2D eigenvalue weighted by atomic mass is 16.5. The number of carbonyl (C=O) groups excluding carboxylic acids is 2. The number of β-lactam (4-membered cyclic amide) rings is 1. The lowest BCUT2D eigenvalue weighted by Crippen LogP contribution is -2.57. The number of anilines is 1. The average Bonchev–Trinajstić information content (AvgIpc) is 2.94. The number of hydrogen-bond donors (Lipinski definition) is 2. The van der Waals surface area contributed by atoms with Crippen LogP contribution in [0.2, 0.25) is 0 Å². The summed E-state index contributed by atoms with van der Waals surface area (Å²) in [5.41, 5.74) is 1.20. The van der Waals surface area contributed by atoms with E-state index in [2.05, 4.69) is 0 Å². The summed E-state index contributed by atoms with van der Waals surface area (Å²) in [6, 6.07) is 12.7. The summed E-state index contributed by atoms with van der Waals surface area (Å²) < 4.78 is 26.8. The Morgan fingerprint density at radius 2 is 1.41 bits per heavy atom. The van der Waals surface area contributed by atoms with Gasteiger partial charge in [-0.1, -0.05) is 6.07 Å². The van der Waals surface area contributed by atoms with Gasteiger partial charge in [0.05, 0.1) is 57.2 Å². The first-order valence-corrected chi connectivity index (χ1v) is 11.7. The molecule has 2 atom stereocenters. The zero-order valence-electron chi connectivity index (χ0n) is 21.7. The van der Waals surface area contributed by atoms with Crippen LogP contribution in [0, 0.1) is 5.92 Å². The Morgan fingerprint density at radius 1 is 0.821 bits per heavy atom. The van der Waals surface area contributed by atoms with E-state index < -0.39 is 23.9 Å². The number of carboxylic acid groups (broad SMARTS) is 1. The van der Waals surface area contributed by atoms with Crippen LogP contribution < -0.4 is 23.8 Å².